The molecule has 0 aliphatic heterocycles. The number of carbonyl (C=O) groups is 1. The Morgan fingerprint density at radius 3 is 2.35 bits per heavy atom. The van der Waals surface area contributed by atoms with Gasteiger partial charge in [-0.3, -0.25) is 9.69 Å². The molecule has 1 N–H and O–H groups in total. The molecule has 0 heterocycles. The van der Waals surface area contributed by atoms with E-state index in [1.54, 1.807) is 13.8 Å². The van der Waals surface area contributed by atoms with Gasteiger partial charge in [-0.2, -0.15) is 0 Å². The van der Waals surface area contributed by atoms with Gasteiger partial charge in [0.2, 0.25) is 0 Å². The maximum atomic E-state index is 11.1. The highest BCUT2D eigenvalue weighted by Crippen LogP contribution is 2.23. The van der Waals surface area contributed by atoms with Crippen LogP contribution in [0.4, 0.5) is 0 Å². The number of carboxylic acid groups (broad SMARTS) is 1. The molecule has 0 aromatic heterocycles. The van der Waals surface area contributed by atoms with Crippen LogP contribution in [0.25, 0.3) is 0 Å². The fourth-order valence-corrected chi connectivity index (χ4v) is 2.17. The van der Waals surface area contributed by atoms with Gasteiger partial charge in [0, 0.05) is 12.6 Å². The van der Waals surface area contributed by atoms with Crippen LogP contribution in [0, 0.1) is 5.41 Å². The highest BCUT2D eigenvalue weighted by atomic mass is 16.4. The topological polar surface area (TPSA) is 40.5 Å². The fourth-order valence-electron chi connectivity index (χ4n) is 2.17. The molecule has 112 valence electrons. The van der Waals surface area contributed by atoms with E-state index in [4.69, 9.17) is 5.11 Å². The first-order valence-corrected chi connectivity index (χ1v) is 7.34. The largest absolute Gasteiger partial charge is 0.481 e. The zero-order valence-corrected chi connectivity index (χ0v) is 13.1. The lowest BCUT2D eigenvalue weighted by molar-refractivity contribution is -0.147. The molecule has 0 atom stereocenters. The van der Waals surface area contributed by atoms with Crippen molar-refractivity contribution in [3.8, 4) is 0 Å². The fraction of sp³-hybridized carbons (Fsp3) is 0.588. The summed E-state index contributed by atoms with van der Waals surface area (Å²) in [5, 5.41) is 9.14. The first kappa shape index (κ1) is 16.7. The van der Waals surface area contributed by atoms with E-state index in [1.165, 1.54) is 5.56 Å². The lowest BCUT2D eigenvalue weighted by Gasteiger charge is -2.28. The minimum absolute atomic E-state index is 0.461. The molecule has 3 nitrogen and oxygen atoms in total. The van der Waals surface area contributed by atoms with Gasteiger partial charge in [0.25, 0.3) is 0 Å². The van der Waals surface area contributed by atoms with Crippen molar-refractivity contribution in [3.63, 3.8) is 0 Å². The molecule has 3 heteroatoms. The molecule has 0 spiro atoms. The Labute approximate surface area is 122 Å². The zero-order valence-electron chi connectivity index (χ0n) is 13.1. The molecule has 1 aromatic rings. The maximum Gasteiger partial charge on any atom is 0.309 e. The number of carboxylic acids is 1. The van der Waals surface area contributed by atoms with Gasteiger partial charge in [-0.1, -0.05) is 30.3 Å². The summed E-state index contributed by atoms with van der Waals surface area (Å²) in [5.41, 5.74) is 0.675. The first-order valence-electron chi connectivity index (χ1n) is 7.34. The summed E-state index contributed by atoms with van der Waals surface area (Å²) in [4.78, 5) is 13.5. The van der Waals surface area contributed by atoms with E-state index >= 15 is 0 Å². The molecule has 0 bridgehead atoms. The van der Waals surface area contributed by atoms with Gasteiger partial charge in [-0.15, -0.1) is 0 Å². The van der Waals surface area contributed by atoms with Crippen LogP contribution in [0.5, 0.6) is 0 Å². The van der Waals surface area contributed by atoms with Crippen LogP contribution in [-0.2, 0) is 11.3 Å². The van der Waals surface area contributed by atoms with Crippen molar-refractivity contribution in [2.24, 2.45) is 5.41 Å². The Bertz CT molecular complexity index is 412. The Kier molecular flexibility index (Phi) is 6.21. The number of benzene rings is 1. The monoisotopic (exact) mass is 277 g/mol. The highest BCUT2D eigenvalue weighted by molar-refractivity contribution is 5.73. The van der Waals surface area contributed by atoms with Crippen molar-refractivity contribution >= 4 is 5.97 Å². The van der Waals surface area contributed by atoms with E-state index in [0.717, 1.165) is 19.5 Å². The summed E-state index contributed by atoms with van der Waals surface area (Å²) >= 11 is 0. The van der Waals surface area contributed by atoms with Gasteiger partial charge in [-0.05, 0) is 52.6 Å². The molecule has 0 saturated heterocycles. The molecule has 0 aliphatic rings. The van der Waals surface area contributed by atoms with Crippen molar-refractivity contribution in [1.82, 2.24) is 4.90 Å². The number of hydrogen-bond donors (Lipinski definition) is 1. The van der Waals surface area contributed by atoms with Crippen LogP contribution in [0.3, 0.4) is 0 Å². The van der Waals surface area contributed by atoms with Crippen molar-refractivity contribution in [2.45, 2.75) is 53.1 Å². The van der Waals surface area contributed by atoms with E-state index in [0.29, 0.717) is 12.5 Å². The van der Waals surface area contributed by atoms with Crippen LogP contribution in [0.2, 0.25) is 0 Å². The van der Waals surface area contributed by atoms with Crippen molar-refractivity contribution in [3.05, 3.63) is 35.9 Å². The van der Waals surface area contributed by atoms with Crippen LogP contribution in [-0.4, -0.2) is 28.6 Å². The van der Waals surface area contributed by atoms with E-state index in [-0.39, 0.29) is 0 Å². The molecular formula is C17H27NO2. The summed E-state index contributed by atoms with van der Waals surface area (Å²) in [7, 11) is 0. The molecule has 0 aliphatic carbocycles. The number of aliphatic carboxylic acids is 1. The minimum Gasteiger partial charge on any atom is -0.481 e. The molecule has 20 heavy (non-hydrogen) atoms. The van der Waals surface area contributed by atoms with Crippen LogP contribution < -0.4 is 0 Å². The van der Waals surface area contributed by atoms with E-state index < -0.39 is 11.4 Å². The smallest absolute Gasteiger partial charge is 0.309 e. The summed E-state index contributed by atoms with van der Waals surface area (Å²) in [6.45, 7) is 9.82. The van der Waals surface area contributed by atoms with E-state index in [1.807, 2.05) is 6.07 Å². The summed E-state index contributed by atoms with van der Waals surface area (Å²) in [6.07, 6.45) is 1.62. The normalized spacial score (nSPS) is 12.1. The standard InChI is InChI=1S/C17H27NO2/c1-14(2)18(13-15-9-6-5-7-10-15)12-8-11-17(3,4)16(19)20/h5-7,9-10,14H,8,11-13H2,1-4H3,(H,19,20). The van der Waals surface area contributed by atoms with Gasteiger partial charge in [0.1, 0.15) is 0 Å². The van der Waals surface area contributed by atoms with Gasteiger partial charge < -0.3 is 5.11 Å². The number of hydrogen-bond acceptors (Lipinski definition) is 2. The summed E-state index contributed by atoms with van der Waals surface area (Å²) < 4.78 is 0. The van der Waals surface area contributed by atoms with Crippen molar-refractivity contribution in [1.29, 1.82) is 0 Å². The lowest BCUT2D eigenvalue weighted by atomic mass is 9.88. The van der Waals surface area contributed by atoms with Crippen LogP contribution >= 0.6 is 0 Å². The van der Waals surface area contributed by atoms with Crippen molar-refractivity contribution in [2.75, 3.05) is 6.54 Å². The predicted molar refractivity (Wildman–Crippen MR) is 82.6 cm³/mol. The van der Waals surface area contributed by atoms with Crippen LogP contribution in [0.15, 0.2) is 30.3 Å². The predicted octanol–water partition coefficient (Wildman–Crippen LogP) is 3.79. The lowest BCUT2D eigenvalue weighted by Crippen LogP contribution is -2.32. The quantitative estimate of drug-likeness (QED) is 0.786. The molecule has 1 rings (SSSR count). The zero-order chi connectivity index (χ0) is 15.2. The molecule has 0 fully saturated rings. The molecular weight excluding hydrogens is 250 g/mol. The van der Waals surface area contributed by atoms with Crippen LogP contribution in [0.1, 0.15) is 46.1 Å². The molecule has 0 saturated carbocycles. The second-order valence-electron chi connectivity index (χ2n) is 6.34. The van der Waals surface area contributed by atoms with E-state index in [9.17, 15) is 4.79 Å². The average Bonchev–Trinajstić information content (AvgIpc) is 2.38. The van der Waals surface area contributed by atoms with Gasteiger partial charge >= 0.3 is 5.97 Å². The number of rotatable bonds is 8. The molecule has 0 amide bonds. The van der Waals surface area contributed by atoms with Gasteiger partial charge in [-0.25, -0.2) is 0 Å². The Morgan fingerprint density at radius 1 is 1.25 bits per heavy atom. The van der Waals surface area contributed by atoms with Crippen molar-refractivity contribution < 1.29 is 9.90 Å². The third-order valence-corrected chi connectivity index (χ3v) is 3.78. The van der Waals surface area contributed by atoms with Gasteiger partial charge in [0.05, 0.1) is 5.41 Å². The maximum absolute atomic E-state index is 11.1. The minimum atomic E-state index is -0.711. The van der Waals surface area contributed by atoms with Gasteiger partial charge in [0.15, 0.2) is 0 Å². The Morgan fingerprint density at radius 2 is 1.85 bits per heavy atom. The Hall–Kier alpha value is -1.35. The SMILES string of the molecule is CC(C)N(CCCC(C)(C)C(=O)O)Cc1ccccc1. The summed E-state index contributed by atoms with van der Waals surface area (Å²) in [6, 6.07) is 10.9. The third-order valence-electron chi connectivity index (χ3n) is 3.78. The molecule has 0 radical (unpaired) electrons. The second kappa shape index (κ2) is 7.44. The summed E-state index contributed by atoms with van der Waals surface area (Å²) in [5.74, 6) is -0.711. The Balaban J connectivity index is 2.50. The highest BCUT2D eigenvalue weighted by Gasteiger charge is 2.26. The van der Waals surface area contributed by atoms with E-state index in [2.05, 4.69) is 43.0 Å². The third kappa shape index (κ3) is 5.33. The first-order chi connectivity index (χ1) is 9.33. The number of nitrogens with zero attached hydrogens (tertiary/aromatic N) is 1. The molecule has 1 aromatic carbocycles. The second-order valence-corrected chi connectivity index (χ2v) is 6.34. The average molecular weight is 277 g/mol. The molecule has 0 unspecified atom stereocenters.